The van der Waals surface area contributed by atoms with E-state index in [1.807, 2.05) is 39.0 Å². The van der Waals surface area contributed by atoms with Gasteiger partial charge in [0.05, 0.1) is 12.5 Å². The molecule has 0 radical (unpaired) electrons. The van der Waals surface area contributed by atoms with Crippen LogP contribution in [0.25, 0.3) is 0 Å². The highest BCUT2D eigenvalue weighted by Crippen LogP contribution is 2.28. The molecule has 3 N–H and O–H groups in total. The third-order valence-electron chi connectivity index (χ3n) is 3.91. The predicted octanol–water partition coefficient (Wildman–Crippen LogP) is 3.13. The largest absolute Gasteiger partial charge is 0.497 e. The van der Waals surface area contributed by atoms with Crippen LogP contribution in [0.1, 0.15) is 32.3 Å². The second-order valence-corrected chi connectivity index (χ2v) is 4.83. The van der Waals surface area contributed by atoms with Gasteiger partial charge in [0.15, 0.2) is 0 Å². The molecule has 0 aliphatic heterocycles. The Morgan fingerprint density at radius 3 is 2.35 bits per heavy atom. The van der Waals surface area contributed by atoms with Gasteiger partial charge in [0.25, 0.3) is 0 Å². The minimum atomic E-state index is -0.480. The number of amides is 1. The fourth-order valence-corrected chi connectivity index (χ4v) is 2.11. The summed E-state index contributed by atoms with van der Waals surface area (Å²) < 4.78 is 5.15. The molecule has 0 saturated carbocycles. The van der Waals surface area contributed by atoms with Gasteiger partial charge in [-0.25, -0.2) is 0 Å². The van der Waals surface area contributed by atoms with Crippen molar-refractivity contribution in [3.8, 4) is 5.75 Å². The topological polar surface area (TPSA) is 64.4 Å². The molecule has 114 valence electrons. The first-order valence-electron chi connectivity index (χ1n) is 6.69. The van der Waals surface area contributed by atoms with Crippen molar-refractivity contribution in [3.05, 3.63) is 23.8 Å². The van der Waals surface area contributed by atoms with E-state index in [-0.39, 0.29) is 18.3 Å². The highest BCUT2D eigenvalue weighted by molar-refractivity contribution is 5.96. The third-order valence-corrected chi connectivity index (χ3v) is 3.91. The fourth-order valence-electron chi connectivity index (χ4n) is 2.11. The standard InChI is InChI=1S/C15H24N2O2.ClH/c1-5-15(6-2,10-16)14(18)17-13-8-7-12(19-4)9-11(13)3;/h7-9H,5-6,10,16H2,1-4H3,(H,17,18);1H. The van der Waals surface area contributed by atoms with Crippen molar-refractivity contribution in [1.29, 1.82) is 0 Å². The molecule has 1 rings (SSSR count). The molecular formula is C15H25ClN2O2. The van der Waals surface area contributed by atoms with Gasteiger partial charge in [0, 0.05) is 12.2 Å². The Morgan fingerprint density at radius 1 is 1.35 bits per heavy atom. The number of methoxy groups -OCH3 is 1. The second kappa shape index (κ2) is 8.12. The van der Waals surface area contributed by atoms with Gasteiger partial charge in [-0.2, -0.15) is 0 Å². The second-order valence-electron chi connectivity index (χ2n) is 4.83. The smallest absolute Gasteiger partial charge is 0.231 e. The molecule has 0 bridgehead atoms. The number of anilines is 1. The lowest BCUT2D eigenvalue weighted by molar-refractivity contribution is -0.125. The average Bonchev–Trinajstić information content (AvgIpc) is 2.43. The number of nitrogens with one attached hydrogen (secondary N) is 1. The van der Waals surface area contributed by atoms with Gasteiger partial charge in [-0.1, -0.05) is 13.8 Å². The molecule has 0 aromatic heterocycles. The molecule has 0 spiro atoms. The maximum atomic E-state index is 12.4. The van der Waals surface area contributed by atoms with Crippen molar-refractivity contribution in [1.82, 2.24) is 0 Å². The van der Waals surface area contributed by atoms with Crippen molar-refractivity contribution < 1.29 is 9.53 Å². The molecule has 0 atom stereocenters. The van der Waals surface area contributed by atoms with Crippen LogP contribution in [-0.4, -0.2) is 19.6 Å². The maximum absolute atomic E-state index is 12.4. The zero-order chi connectivity index (χ0) is 14.5. The summed E-state index contributed by atoms with van der Waals surface area (Å²) in [5, 5.41) is 2.98. The van der Waals surface area contributed by atoms with E-state index in [2.05, 4.69) is 5.32 Å². The normalized spacial score (nSPS) is 10.7. The number of benzene rings is 1. The number of nitrogens with two attached hydrogens (primary N) is 1. The summed E-state index contributed by atoms with van der Waals surface area (Å²) in [6.45, 7) is 6.30. The molecule has 0 unspecified atom stereocenters. The van der Waals surface area contributed by atoms with Gasteiger partial charge < -0.3 is 15.8 Å². The van der Waals surface area contributed by atoms with Crippen molar-refractivity contribution >= 4 is 24.0 Å². The number of aryl methyl sites for hydroxylation is 1. The lowest BCUT2D eigenvalue weighted by Gasteiger charge is -2.28. The number of carbonyl (C=O) groups excluding carboxylic acids is 1. The minimum absolute atomic E-state index is 0. The van der Waals surface area contributed by atoms with E-state index in [0.29, 0.717) is 6.54 Å². The number of hydrogen-bond acceptors (Lipinski definition) is 3. The Kier molecular flexibility index (Phi) is 7.61. The summed E-state index contributed by atoms with van der Waals surface area (Å²) in [5.41, 5.74) is 7.09. The minimum Gasteiger partial charge on any atom is -0.497 e. The van der Waals surface area contributed by atoms with E-state index < -0.39 is 5.41 Å². The first kappa shape index (κ1) is 18.7. The van der Waals surface area contributed by atoms with E-state index in [9.17, 15) is 4.79 Å². The van der Waals surface area contributed by atoms with Crippen LogP contribution in [0.5, 0.6) is 5.75 Å². The van der Waals surface area contributed by atoms with Crippen LogP contribution >= 0.6 is 12.4 Å². The summed E-state index contributed by atoms with van der Waals surface area (Å²) in [4.78, 5) is 12.4. The summed E-state index contributed by atoms with van der Waals surface area (Å²) in [5.74, 6) is 0.778. The molecule has 1 amide bonds. The van der Waals surface area contributed by atoms with Crippen LogP contribution in [0.4, 0.5) is 5.69 Å². The lowest BCUT2D eigenvalue weighted by atomic mass is 9.81. The Bertz CT molecular complexity index is 437. The van der Waals surface area contributed by atoms with Crippen molar-refractivity contribution in [2.24, 2.45) is 11.1 Å². The van der Waals surface area contributed by atoms with Crippen LogP contribution < -0.4 is 15.8 Å². The predicted molar refractivity (Wildman–Crippen MR) is 85.7 cm³/mol. The summed E-state index contributed by atoms with van der Waals surface area (Å²) in [6, 6.07) is 5.60. The highest BCUT2D eigenvalue weighted by Gasteiger charge is 2.33. The van der Waals surface area contributed by atoms with Gasteiger partial charge in [-0.15, -0.1) is 12.4 Å². The SMILES string of the molecule is CCC(CC)(CN)C(=O)Nc1ccc(OC)cc1C.Cl. The maximum Gasteiger partial charge on any atom is 0.231 e. The summed E-state index contributed by atoms with van der Waals surface area (Å²) in [7, 11) is 1.63. The Balaban J connectivity index is 0.00000361. The van der Waals surface area contributed by atoms with Crippen molar-refractivity contribution in [2.75, 3.05) is 19.0 Å². The molecule has 4 nitrogen and oxygen atoms in total. The molecule has 20 heavy (non-hydrogen) atoms. The molecule has 0 fully saturated rings. The molecule has 1 aromatic rings. The Labute approximate surface area is 127 Å². The molecular weight excluding hydrogens is 276 g/mol. The van der Waals surface area contributed by atoms with Gasteiger partial charge in [0.2, 0.25) is 5.91 Å². The number of rotatable bonds is 6. The summed E-state index contributed by atoms with van der Waals surface area (Å²) >= 11 is 0. The zero-order valence-corrected chi connectivity index (χ0v) is 13.5. The van der Waals surface area contributed by atoms with E-state index in [1.54, 1.807) is 7.11 Å². The quantitative estimate of drug-likeness (QED) is 0.848. The molecule has 0 saturated heterocycles. The first-order valence-corrected chi connectivity index (χ1v) is 6.69. The van der Waals surface area contributed by atoms with Gasteiger partial charge in [-0.05, 0) is 43.5 Å². The molecule has 0 heterocycles. The fraction of sp³-hybridized carbons (Fsp3) is 0.533. The molecule has 1 aromatic carbocycles. The van der Waals surface area contributed by atoms with Crippen molar-refractivity contribution in [2.45, 2.75) is 33.6 Å². The monoisotopic (exact) mass is 300 g/mol. The van der Waals surface area contributed by atoms with E-state index in [0.717, 1.165) is 29.8 Å². The van der Waals surface area contributed by atoms with Crippen molar-refractivity contribution in [3.63, 3.8) is 0 Å². The third kappa shape index (κ3) is 3.87. The number of carbonyl (C=O) groups is 1. The van der Waals surface area contributed by atoms with Crippen LogP contribution in [0.3, 0.4) is 0 Å². The molecule has 0 aliphatic rings. The van der Waals surface area contributed by atoms with Crippen LogP contribution in [0.15, 0.2) is 18.2 Å². The van der Waals surface area contributed by atoms with Gasteiger partial charge in [0.1, 0.15) is 5.75 Å². The van der Waals surface area contributed by atoms with Crippen LogP contribution in [-0.2, 0) is 4.79 Å². The van der Waals surface area contributed by atoms with Crippen LogP contribution in [0.2, 0.25) is 0 Å². The van der Waals surface area contributed by atoms with Gasteiger partial charge >= 0.3 is 0 Å². The number of hydrogen-bond donors (Lipinski definition) is 2. The molecule has 5 heteroatoms. The molecule has 0 aliphatic carbocycles. The number of halogens is 1. The van der Waals surface area contributed by atoms with Gasteiger partial charge in [-0.3, -0.25) is 4.79 Å². The average molecular weight is 301 g/mol. The van der Waals surface area contributed by atoms with Crippen LogP contribution in [0, 0.1) is 12.3 Å². The zero-order valence-electron chi connectivity index (χ0n) is 12.7. The lowest BCUT2D eigenvalue weighted by Crippen LogP contribution is -2.41. The van der Waals surface area contributed by atoms with E-state index >= 15 is 0 Å². The Hall–Kier alpha value is -1.26. The summed E-state index contributed by atoms with van der Waals surface area (Å²) in [6.07, 6.45) is 1.47. The van der Waals surface area contributed by atoms with E-state index in [1.165, 1.54) is 0 Å². The van der Waals surface area contributed by atoms with E-state index in [4.69, 9.17) is 10.5 Å². The highest BCUT2D eigenvalue weighted by atomic mass is 35.5. The first-order chi connectivity index (χ1) is 9.02. The Morgan fingerprint density at radius 2 is 1.95 bits per heavy atom. The number of ether oxygens (including phenoxy) is 1.